The average molecular weight is 265 g/mol. The number of carboxylic acids is 1. The first kappa shape index (κ1) is 15.0. The lowest BCUT2D eigenvalue weighted by molar-refractivity contribution is -0.146. The zero-order valence-electron chi connectivity index (χ0n) is 11.3. The minimum atomic E-state index is -1.12. The molecule has 1 amide bonds. The van der Waals surface area contributed by atoms with Crippen LogP contribution in [-0.4, -0.2) is 30.1 Å². The van der Waals surface area contributed by atoms with Gasteiger partial charge in [-0.3, -0.25) is 9.59 Å². The minimum Gasteiger partial charge on any atom is -0.496 e. The van der Waals surface area contributed by atoms with Gasteiger partial charge in [-0.1, -0.05) is 18.2 Å². The first-order chi connectivity index (χ1) is 8.95. The predicted molar refractivity (Wildman–Crippen MR) is 71.1 cm³/mol. The molecule has 104 valence electrons. The monoisotopic (exact) mass is 265 g/mol. The summed E-state index contributed by atoms with van der Waals surface area (Å²) in [5, 5.41) is 11.4. The Kier molecular flexibility index (Phi) is 5.36. The van der Waals surface area contributed by atoms with Crippen molar-refractivity contribution in [2.45, 2.75) is 26.3 Å². The van der Waals surface area contributed by atoms with Crippen LogP contribution in [0.3, 0.4) is 0 Å². The number of rotatable bonds is 6. The van der Waals surface area contributed by atoms with Crippen molar-refractivity contribution in [2.75, 3.05) is 7.11 Å². The third kappa shape index (κ3) is 4.28. The summed E-state index contributed by atoms with van der Waals surface area (Å²) in [5.74, 6) is -1.88. The number of hydrogen-bond acceptors (Lipinski definition) is 3. The SMILES string of the molecule is COc1ccccc1CC(C)NC(=O)C(C)C(=O)O. The summed E-state index contributed by atoms with van der Waals surface area (Å²) < 4.78 is 5.23. The van der Waals surface area contributed by atoms with E-state index >= 15 is 0 Å². The zero-order valence-corrected chi connectivity index (χ0v) is 11.3. The smallest absolute Gasteiger partial charge is 0.315 e. The summed E-state index contributed by atoms with van der Waals surface area (Å²) in [4.78, 5) is 22.3. The fourth-order valence-electron chi connectivity index (χ4n) is 1.73. The number of methoxy groups -OCH3 is 1. The molecule has 19 heavy (non-hydrogen) atoms. The Labute approximate surface area is 112 Å². The summed E-state index contributed by atoms with van der Waals surface area (Å²) in [6, 6.07) is 7.38. The largest absolute Gasteiger partial charge is 0.496 e. The van der Waals surface area contributed by atoms with Crippen LogP contribution >= 0.6 is 0 Å². The quantitative estimate of drug-likeness (QED) is 0.764. The summed E-state index contributed by atoms with van der Waals surface area (Å²) in [7, 11) is 1.59. The van der Waals surface area contributed by atoms with Crippen molar-refractivity contribution in [1.29, 1.82) is 0 Å². The molecule has 2 unspecified atom stereocenters. The van der Waals surface area contributed by atoms with Gasteiger partial charge in [-0.05, 0) is 31.9 Å². The molecule has 0 aliphatic heterocycles. The number of para-hydroxylation sites is 1. The fourth-order valence-corrected chi connectivity index (χ4v) is 1.73. The number of benzene rings is 1. The molecule has 0 heterocycles. The molecule has 0 spiro atoms. The van der Waals surface area contributed by atoms with Gasteiger partial charge < -0.3 is 15.2 Å². The molecule has 0 aliphatic rings. The molecule has 1 rings (SSSR count). The third-order valence-corrected chi connectivity index (χ3v) is 2.87. The lowest BCUT2D eigenvalue weighted by Crippen LogP contribution is -2.40. The summed E-state index contributed by atoms with van der Waals surface area (Å²) in [6.45, 7) is 3.20. The van der Waals surface area contributed by atoms with Crippen molar-refractivity contribution < 1.29 is 19.4 Å². The number of carbonyl (C=O) groups is 2. The number of amides is 1. The fraction of sp³-hybridized carbons (Fsp3) is 0.429. The molecule has 0 bridgehead atoms. The lowest BCUT2D eigenvalue weighted by Gasteiger charge is -2.17. The van der Waals surface area contributed by atoms with E-state index in [0.717, 1.165) is 11.3 Å². The number of carbonyl (C=O) groups excluding carboxylic acids is 1. The maximum atomic E-state index is 11.6. The van der Waals surface area contributed by atoms with E-state index in [9.17, 15) is 9.59 Å². The van der Waals surface area contributed by atoms with Crippen molar-refractivity contribution in [1.82, 2.24) is 5.32 Å². The average Bonchev–Trinajstić information content (AvgIpc) is 2.38. The van der Waals surface area contributed by atoms with Gasteiger partial charge in [0.1, 0.15) is 11.7 Å². The van der Waals surface area contributed by atoms with Crippen LogP contribution in [0.1, 0.15) is 19.4 Å². The molecule has 2 atom stereocenters. The number of nitrogens with one attached hydrogen (secondary N) is 1. The van der Waals surface area contributed by atoms with E-state index in [1.54, 1.807) is 7.11 Å². The van der Waals surface area contributed by atoms with Crippen molar-refractivity contribution in [3.8, 4) is 5.75 Å². The van der Waals surface area contributed by atoms with Gasteiger partial charge in [0.05, 0.1) is 7.11 Å². The molecule has 0 aliphatic carbocycles. The summed E-state index contributed by atoms with van der Waals surface area (Å²) in [5.41, 5.74) is 0.973. The summed E-state index contributed by atoms with van der Waals surface area (Å²) in [6.07, 6.45) is 0.585. The Bertz CT molecular complexity index is 459. The Balaban J connectivity index is 2.62. The van der Waals surface area contributed by atoms with E-state index in [-0.39, 0.29) is 6.04 Å². The standard InChI is InChI=1S/C14H19NO4/c1-9(15-13(16)10(2)14(17)18)8-11-6-4-5-7-12(11)19-3/h4-7,9-10H,8H2,1-3H3,(H,15,16)(H,17,18). The zero-order chi connectivity index (χ0) is 14.4. The van der Waals surface area contributed by atoms with Crippen molar-refractivity contribution in [3.05, 3.63) is 29.8 Å². The lowest BCUT2D eigenvalue weighted by atomic mass is 10.0. The van der Waals surface area contributed by atoms with Gasteiger partial charge in [0.2, 0.25) is 5.91 Å². The van der Waals surface area contributed by atoms with Crippen molar-refractivity contribution in [2.24, 2.45) is 5.92 Å². The highest BCUT2D eigenvalue weighted by molar-refractivity contribution is 5.96. The first-order valence-electron chi connectivity index (χ1n) is 6.10. The van der Waals surface area contributed by atoms with Gasteiger partial charge >= 0.3 is 5.97 Å². The van der Waals surface area contributed by atoms with Gasteiger partial charge in [-0.2, -0.15) is 0 Å². The van der Waals surface area contributed by atoms with Gasteiger partial charge in [-0.25, -0.2) is 0 Å². The third-order valence-electron chi connectivity index (χ3n) is 2.87. The van der Waals surface area contributed by atoms with Crippen LogP contribution < -0.4 is 10.1 Å². The highest BCUT2D eigenvalue weighted by Gasteiger charge is 2.22. The second-order valence-electron chi connectivity index (χ2n) is 4.49. The Hall–Kier alpha value is -2.04. The van der Waals surface area contributed by atoms with Crippen molar-refractivity contribution >= 4 is 11.9 Å². The van der Waals surface area contributed by atoms with Gasteiger partial charge in [0, 0.05) is 6.04 Å². The van der Waals surface area contributed by atoms with Gasteiger partial charge in [0.25, 0.3) is 0 Å². The number of hydrogen-bond donors (Lipinski definition) is 2. The molecule has 0 fully saturated rings. The highest BCUT2D eigenvalue weighted by atomic mass is 16.5. The van der Waals surface area contributed by atoms with E-state index in [1.807, 2.05) is 31.2 Å². The second-order valence-corrected chi connectivity index (χ2v) is 4.49. The van der Waals surface area contributed by atoms with Crippen molar-refractivity contribution in [3.63, 3.8) is 0 Å². The van der Waals surface area contributed by atoms with Crippen LogP contribution in [0.25, 0.3) is 0 Å². The molecule has 5 nitrogen and oxygen atoms in total. The highest BCUT2D eigenvalue weighted by Crippen LogP contribution is 2.18. The molecule has 2 N–H and O–H groups in total. The Morgan fingerprint density at radius 3 is 2.53 bits per heavy atom. The van der Waals surface area contributed by atoms with Gasteiger partial charge in [-0.15, -0.1) is 0 Å². The molecule has 0 saturated carbocycles. The second kappa shape index (κ2) is 6.78. The minimum absolute atomic E-state index is 0.161. The van der Waals surface area contributed by atoms with Crippen LogP contribution in [0.2, 0.25) is 0 Å². The molecular weight excluding hydrogens is 246 g/mol. The maximum Gasteiger partial charge on any atom is 0.315 e. The van der Waals surface area contributed by atoms with E-state index < -0.39 is 17.8 Å². The van der Waals surface area contributed by atoms with Gasteiger partial charge in [0.15, 0.2) is 0 Å². The number of aliphatic carboxylic acids is 1. The molecule has 0 saturated heterocycles. The molecule has 1 aromatic carbocycles. The molecule has 0 aromatic heterocycles. The first-order valence-corrected chi connectivity index (χ1v) is 6.10. The van der Waals surface area contributed by atoms with E-state index in [1.165, 1.54) is 6.92 Å². The predicted octanol–water partition coefficient (Wildman–Crippen LogP) is 1.46. The van der Waals surface area contributed by atoms with Crippen LogP contribution in [-0.2, 0) is 16.0 Å². The maximum absolute atomic E-state index is 11.6. The number of ether oxygens (including phenoxy) is 1. The Morgan fingerprint density at radius 1 is 1.32 bits per heavy atom. The van der Waals surface area contributed by atoms with E-state index in [2.05, 4.69) is 5.32 Å². The summed E-state index contributed by atoms with van der Waals surface area (Å²) >= 11 is 0. The number of carboxylic acid groups (broad SMARTS) is 1. The van der Waals surface area contributed by atoms with Crippen LogP contribution in [0.4, 0.5) is 0 Å². The molecule has 1 aromatic rings. The Morgan fingerprint density at radius 2 is 1.95 bits per heavy atom. The van der Waals surface area contributed by atoms with E-state index in [0.29, 0.717) is 6.42 Å². The molecule has 5 heteroatoms. The van der Waals surface area contributed by atoms with Crippen LogP contribution in [0.15, 0.2) is 24.3 Å². The van der Waals surface area contributed by atoms with Crippen LogP contribution in [0.5, 0.6) is 5.75 Å². The topological polar surface area (TPSA) is 75.6 Å². The normalized spacial score (nSPS) is 13.4. The molecule has 0 radical (unpaired) electrons. The molecular formula is C14H19NO4. The van der Waals surface area contributed by atoms with E-state index in [4.69, 9.17) is 9.84 Å². The van der Waals surface area contributed by atoms with Crippen LogP contribution in [0, 0.1) is 5.92 Å².